The summed E-state index contributed by atoms with van der Waals surface area (Å²) in [5, 5.41) is 7.55. The Morgan fingerprint density at radius 1 is 1.25 bits per heavy atom. The molecule has 0 radical (unpaired) electrons. The summed E-state index contributed by atoms with van der Waals surface area (Å²) >= 11 is 0. The summed E-state index contributed by atoms with van der Waals surface area (Å²) in [4.78, 5) is 14.6. The van der Waals surface area contributed by atoms with Crippen LogP contribution in [0.25, 0.3) is 0 Å². The molecule has 1 fully saturated rings. The molecule has 2 aromatic rings. The second-order valence-electron chi connectivity index (χ2n) is 6.54. The molecule has 0 aliphatic carbocycles. The van der Waals surface area contributed by atoms with Crippen LogP contribution >= 0.6 is 0 Å². The highest BCUT2D eigenvalue weighted by atomic mass is 16.2. The average Bonchev–Trinajstić information content (AvgIpc) is 3.09. The molecule has 1 aromatic carbocycles. The van der Waals surface area contributed by atoms with Gasteiger partial charge in [0.1, 0.15) is 0 Å². The fraction of sp³-hybridized carbons (Fsp3) is 0.474. The molecule has 5 nitrogen and oxygen atoms in total. The van der Waals surface area contributed by atoms with Crippen molar-refractivity contribution in [3.05, 3.63) is 53.9 Å². The third kappa shape index (κ3) is 4.23. The quantitative estimate of drug-likeness (QED) is 0.887. The number of rotatable bonds is 6. The lowest BCUT2D eigenvalue weighted by Gasteiger charge is -2.31. The van der Waals surface area contributed by atoms with Crippen LogP contribution in [0.2, 0.25) is 0 Å². The number of carbonyl (C=O) groups is 1. The second-order valence-corrected chi connectivity index (χ2v) is 6.54. The summed E-state index contributed by atoms with van der Waals surface area (Å²) in [5.74, 6) is 0.851. The molecule has 128 valence electrons. The smallest absolute Gasteiger partial charge is 0.257 e. The highest BCUT2D eigenvalue weighted by Crippen LogP contribution is 2.21. The Morgan fingerprint density at radius 3 is 2.71 bits per heavy atom. The SMILES string of the molecule is CNCCC1CCN(C(=O)c2cnn(Cc3ccccc3)c2)CC1. The molecule has 1 saturated heterocycles. The van der Waals surface area contributed by atoms with Crippen LogP contribution in [0.15, 0.2) is 42.7 Å². The van der Waals surface area contributed by atoms with E-state index < -0.39 is 0 Å². The topological polar surface area (TPSA) is 50.2 Å². The van der Waals surface area contributed by atoms with Crippen molar-refractivity contribution in [2.75, 3.05) is 26.7 Å². The summed E-state index contributed by atoms with van der Waals surface area (Å²) in [6, 6.07) is 10.2. The van der Waals surface area contributed by atoms with Crippen molar-refractivity contribution in [3.63, 3.8) is 0 Å². The summed E-state index contributed by atoms with van der Waals surface area (Å²) in [6.45, 7) is 3.47. The number of nitrogens with one attached hydrogen (secondary N) is 1. The molecular formula is C19H26N4O. The number of amides is 1. The van der Waals surface area contributed by atoms with Gasteiger partial charge in [-0.1, -0.05) is 30.3 Å². The molecule has 5 heteroatoms. The zero-order valence-electron chi connectivity index (χ0n) is 14.3. The lowest BCUT2D eigenvalue weighted by molar-refractivity contribution is 0.0687. The van der Waals surface area contributed by atoms with Crippen molar-refractivity contribution < 1.29 is 4.79 Å². The number of carbonyl (C=O) groups excluding carboxylic acids is 1. The lowest BCUT2D eigenvalue weighted by atomic mass is 9.93. The van der Waals surface area contributed by atoms with Crippen LogP contribution < -0.4 is 5.32 Å². The minimum Gasteiger partial charge on any atom is -0.339 e. The lowest BCUT2D eigenvalue weighted by Crippen LogP contribution is -2.38. The van der Waals surface area contributed by atoms with E-state index in [1.54, 1.807) is 6.20 Å². The van der Waals surface area contributed by atoms with Crippen LogP contribution in [-0.2, 0) is 6.54 Å². The van der Waals surface area contributed by atoms with E-state index in [2.05, 4.69) is 22.5 Å². The number of likely N-dealkylation sites (tertiary alicyclic amines) is 1. The number of hydrogen-bond acceptors (Lipinski definition) is 3. The Morgan fingerprint density at radius 2 is 2.00 bits per heavy atom. The van der Waals surface area contributed by atoms with Gasteiger partial charge in [0.2, 0.25) is 0 Å². The van der Waals surface area contributed by atoms with E-state index in [0.29, 0.717) is 12.1 Å². The van der Waals surface area contributed by atoms with Gasteiger partial charge in [-0.25, -0.2) is 0 Å². The maximum atomic E-state index is 12.6. The van der Waals surface area contributed by atoms with Gasteiger partial charge < -0.3 is 10.2 Å². The van der Waals surface area contributed by atoms with Crippen molar-refractivity contribution in [3.8, 4) is 0 Å². The molecular weight excluding hydrogens is 300 g/mol. The Bertz CT molecular complexity index is 644. The summed E-state index contributed by atoms with van der Waals surface area (Å²) < 4.78 is 1.84. The van der Waals surface area contributed by atoms with E-state index in [0.717, 1.165) is 38.4 Å². The molecule has 1 aliphatic heterocycles. The van der Waals surface area contributed by atoms with Crippen molar-refractivity contribution in [1.82, 2.24) is 20.0 Å². The Kier molecular flexibility index (Phi) is 5.64. The highest BCUT2D eigenvalue weighted by molar-refractivity contribution is 5.93. The largest absolute Gasteiger partial charge is 0.339 e. The van der Waals surface area contributed by atoms with Crippen molar-refractivity contribution in [2.24, 2.45) is 5.92 Å². The number of hydrogen-bond donors (Lipinski definition) is 1. The van der Waals surface area contributed by atoms with Gasteiger partial charge >= 0.3 is 0 Å². The molecule has 0 atom stereocenters. The van der Waals surface area contributed by atoms with Gasteiger partial charge in [0, 0.05) is 19.3 Å². The zero-order valence-corrected chi connectivity index (χ0v) is 14.3. The van der Waals surface area contributed by atoms with Gasteiger partial charge in [-0.15, -0.1) is 0 Å². The van der Waals surface area contributed by atoms with Crippen LogP contribution in [0.4, 0.5) is 0 Å². The Balaban J connectivity index is 1.54. The zero-order chi connectivity index (χ0) is 16.8. The highest BCUT2D eigenvalue weighted by Gasteiger charge is 2.24. The maximum absolute atomic E-state index is 12.6. The van der Waals surface area contributed by atoms with E-state index in [9.17, 15) is 4.79 Å². The minimum atomic E-state index is 0.112. The molecule has 0 spiro atoms. The molecule has 24 heavy (non-hydrogen) atoms. The number of benzene rings is 1. The van der Waals surface area contributed by atoms with Crippen molar-refractivity contribution in [1.29, 1.82) is 0 Å². The van der Waals surface area contributed by atoms with Gasteiger partial charge in [0.15, 0.2) is 0 Å². The summed E-state index contributed by atoms with van der Waals surface area (Å²) in [6.07, 6.45) is 6.96. The van der Waals surface area contributed by atoms with Gasteiger partial charge in [-0.2, -0.15) is 5.10 Å². The number of nitrogens with zero attached hydrogens (tertiary/aromatic N) is 3. The molecule has 0 saturated carbocycles. The Labute approximate surface area is 143 Å². The maximum Gasteiger partial charge on any atom is 0.257 e. The molecule has 1 N–H and O–H groups in total. The van der Waals surface area contributed by atoms with E-state index in [1.165, 1.54) is 12.0 Å². The van der Waals surface area contributed by atoms with E-state index in [-0.39, 0.29) is 5.91 Å². The molecule has 2 heterocycles. The van der Waals surface area contributed by atoms with Gasteiger partial charge in [-0.05, 0) is 44.3 Å². The molecule has 0 unspecified atom stereocenters. The molecule has 1 aliphatic rings. The van der Waals surface area contributed by atoms with Crippen LogP contribution in [0.5, 0.6) is 0 Å². The fourth-order valence-corrected chi connectivity index (χ4v) is 3.29. The first-order chi connectivity index (χ1) is 11.8. The third-order valence-corrected chi connectivity index (χ3v) is 4.77. The predicted molar refractivity (Wildman–Crippen MR) is 94.9 cm³/mol. The van der Waals surface area contributed by atoms with Gasteiger partial charge in [0.05, 0.1) is 18.3 Å². The first kappa shape index (κ1) is 16.7. The average molecular weight is 326 g/mol. The van der Waals surface area contributed by atoms with Gasteiger partial charge in [-0.3, -0.25) is 9.48 Å². The fourth-order valence-electron chi connectivity index (χ4n) is 3.29. The Hall–Kier alpha value is -2.14. The number of piperidine rings is 1. The van der Waals surface area contributed by atoms with Gasteiger partial charge in [0.25, 0.3) is 5.91 Å². The molecule has 1 amide bonds. The molecule has 3 rings (SSSR count). The molecule has 0 bridgehead atoms. The first-order valence-corrected chi connectivity index (χ1v) is 8.76. The number of aromatic nitrogens is 2. The van der Waals surface area contributed by atoms with Crippen LogP contribution in [0.1, 0.15) is 35.2 Å². The van der Waals surface area contributed by atoms with Crippen molar-refractivity contribution in [2.45, 2.75) is 25.8 Å². The first-order valence-electron chi connectivity index (χ1n) is 8.76. The standard InChI is InChI=1S/C19H26N4O/c1-20-10-7-16-8-11-22(12-9-16)19(24)18-13-21-23(15-18)14-17-5-3-2-4-6-17/h2-6,13,15-16,20H,7-12,14H2,1H3. The van der Waals surface area contributed by atoms with Crippen LogP contribution in [0, 0.1) is 5.92 Å². The monoisotopic (exact) mass is 326 g/mol. The minimum absolute atomic E-state index is 0.112. The molecule has 1 aromatic heterocycles. The van der Waals surface area contributed by atoms with Crippen LogP contribution in [0.3, 0.4) is 0 Å². The normalized spacial score (nSPS) is 15.6. The summed E-state index contributed by atoms with van der Waals surface area (Å²) in [5.41, 5.74) is 1.88. The van der Waals surface area contributed by atoms with Crippen molar-refractivity contribution >= 4 is 5.91 Å². The second kappa shape index (κ2) is 8.11. The third-order valence-electron chi connectivity index (χ3n) is 4.77. The van der Waals surface area contributed by atoms with E-state index >= 15 is 0 Å². The van der Waals surface area contributed by atoms with Crippen LogP contribution in [-0.4, -0.2) is 47.3 Å². The van der Waals surface area contributed by atoms with E-state index in [4.69, 9.17) is 0 Å². The predicted octanol–water partition coefficient (Wildman–Crippen LogP) is 2.39. The van der Waals surface area contributed by atoms with E-state index in [1.807, 2.05) is 41.0 Å². The summed E-state index contributed by atoms with van der Waals surface area (Å²) in [7, 11) is 1.99.